The van der Waals surface area contributed by atoms with Crippen LogP contribution in [0.3, 0.4) is 0 Å². The summed E-state index contributed by atoms with van der Waals surface area (Å²) < 4.78 is 1.68. The van der Waals surface area contributed by atoms with Crippen LogP contribution in [0.1, 0.15) is 12.8 Å². The van der Waals surface area contributed by atoms with Crippen LogP contribution in [0.25, 0.3) is 5.69 Å². The van der Waals surface area contributed by atoms with Gasteiger partial charge >= 0.3 is 0 Å². The van der Waals surface area contributed by atoms with Gasteiger partial charge in [0.1, 0.15) is 6.33 Å². The van der Waals surface area contributed by atoms with Crippen LogP contribution in [0.4, 0.5) is 5.69 Å². The van der Waals surface area contributed by atoms with Gasteiger partial charge in [0, 0.05) is 24.8 Å². The lowest BCUT2D eigenvalue weighted by atomic mass is 9.94. The Kier molecular flexibility index (Phi) is 2.88. The van der Waals surface area contributed by atoms with Crippen molar-refractivity contribution in [2.24, 2.45) is 5.92 Å². The van der Waals surface area contributed by atoms with E-state index < -0.39 is 0 Å². The molecule has 2 aromatic rings. The van der Waals surface area contributed by atoms with Crippen LogP contribution in [-0.4, -0.2) is 50.8 Å². The predicted octanol–water partition coefficient (Wildman–Crippen LogP) is 1.17. The van der Waals surface area contributed by atoms with E-state index in [9.17, 15) is 0 Å². The second-order valence-electron chi connectivity index (χ2n) is 5.69. The number of aromatic nitrogens is 4. The Labute approximate surface area is 117 Å². The zero-order valence-corrected chi connectivity index (χ0v) is 11.3. The molecule has 6 nitrogen and oxygen atoms in total. The fraction of sp³-hybridized carbons (Fsp3) is 0.500. The number of tetrazole rings is 1. The molecule has 2 fully saturated rings. The standard InChI is InChI=1S/C14H18N6/c1-2-12(8-13(3-1)20-10-15-17-18-20)16-14-5-7-19-6-4-11(14)9-19/h1-3,8,10-11,14,16H,4-7,9H2. The molecule has 0 saturated carbocycles. The van der Waals surface area contributed by atoms with Crippen molar-refractivity contribution < 1.29 is 0 Å². The van der Waals surface area contributed by atoms with Crippen LogP contribution in [0, 0.1) is 5.92 Å². The molecule has 104 valence electrons. The van der Waals surface area contributed by atoms with Crippen molar-refractivity contribution in [2.45, 2.75) is 18.9 Å². The minimum absolute atomic E-state index is 0.595. The van der Waals surface area contributed by atoms with E-state index in [4.69, 9.17) is 0 Å². The second kappa shape index (κ2) is 4.86. The summed E-state index contributed by atoms with van der Waals surface area (Å²) in [6.45, 7) is 3.75. The van der Waals surface area contributed by atoms with Gasteiger partial charge in [0.25, 0.3) is 0 Å². The van der Waals surface area contributed by atoms with Crippen molar-refractivity contribution in [3.05, 3.63) is 30.6 Å². The van der Waals surface area contributed by atoms with Crippen LogP contribution >= 0.6 is 0 Å². The maximum atomic E-state index is 3.93. The molecule has 0 aliphatic carbocycles. The third-order valence-corrected chi connectivity index (χ3v) is 4.45. The van der Waals surface area contributed by atoms with E-state index in [0.29, 0.717) is 6.04 Å². The lowest BCUT2D eigenvalue weighted by molar-refractivity contribution is 0.255. The summed E-state index contributed by atoms with van der Waals surface area (Å²) in [6, 6.07) is 8.88. The molecule has 2 bridgehead atoms. The Hall–Kier alpha value is -1.95. The van der Waals surface area contributed by atoms with Gasteiger partial charge in [0.15, 0.2) is 0 Å². The first-order chi connectivity index (χ1) is 9.88. The molecule has 2 aliphatic rings. The average molecular weight is 270 g/mol. The van der Waals surface area contributed by atoms with E-state index in [0.717, 1.165) is 17.3 Å². The topological polar surface area (TPSA) is 58.9 Å². The van der Waals surface area contributed by atoms with Gasteiger partial charge in [-0.1, -0.05) is 6.07 Å². The van der Waals surface area contributed by atoms with Crippen LogP contribution in [0.2, 0.25) is 0 Å². The van der Waals surface area contributed by atoms with E-state index in [2.05, 4.69) is 37.9 Å². The Balaban J connectivity index is 1.52. The van der Waals surface area contributed by atoms with E-state index in [-0.39, 0.29) is 0 Å². The second-order valence-corrected chi connectivity index (χ2v) is 5.69. The number of rotatable bonds is 3. The summed E-state index contributed by atoms with van der Waals surface area (Å²) in [5, 5.41) is 15.0. The van der Waals surface area contributed by atoms with Crippen molar-refractivity contribution in [2.75, 3.05) is 25.0 Å². The zero-order chi connectivity index (χ0) is 13.4. The molecule has 0 radical (unpaired) electrons. The normalized spacial score (nSPS) is 28.5. The number of hydrogen-bond acceptors (Lipinski definition) is 5. The Bertz CT molecular complexity index is 581. The molecule has 0 spiro atoms. The highest BCUT2D eigenvalue weighted by atomic mass is 15.5. The smallest absolute Gasteiger partial charge is 0.143 e. The fourth-order valence-corrected chi connectivity index (χ4v) is 3.37. The quantitative estimate of drug-likeness (QED) is 0.907. The van der Waals surface area contributed by atoms with Gasteiger partial charge in [-0.25, -0.2) is 4.68 Å². The molecule has 1 aromatic carbocycles. The van der Waals surface area contributed by atoms with Crippen molar-refractivity contribution in [1.29, 1.82) is 0 Å². The lowest BCUT2D eigenvalue weighted by Crippen LogP contribution is -2.39. The Morgan fingerprint density at radius 3 is 3.05 bits per heavy atom. The first-order valence-corrected chi connectivity index (χ1v) is 7.21. The highest BCUT2D eigenvalue weighted by molar-refractivity contribution is 5.51. The van der Waals surface area contributed by atoms with Gasteiger partial charge < -0.3 is 10.2 Å². The highest BCUT2D eigenvalue weighted by Gasteiger charge is 2.33. The third kappa shape index (κ3) is 2.16. The third-order valence-electron chi connectivity index (χ3n) is 4.45. The molecule has 2 aliphatic heterocycles. The molecule has 4 rings (SSSR count). The average Bonchev–Trinajstić information content (AvgIpc) is 3.13. The summed E-state index contributed by atoms with van der Waals surface area (Å²) in [7, 11) is 0. The number of anilines is 1. The molecule has 1 aromatic heterocycles. The molecule has 3 atom stereocenters. The van der Waals surface area contributed by atoms with Crippen molar-refractivity contribution >= 4 is 5.69 Å². The van der Waals surface area contributed by atoms with E-state index in [1.807, 2.05) is 12.1 Å². The monoisotopic (exact) mass is 270 g/mol. The summed E-state index contributed by atoms with van der Waals surface area (Å²) in [4.78, 5) is 2.57. The zero-order valence-electron chi connectivity index (χ0n) is 11.3. The van der Waals surface area contributed by atoms with Gasteiger partial charge in [-0.2, -0.15) is 0 Å². The Morgan fingerprint density at radius 2 is 2.15 bits per heavy atom. The van der Waals surface area contributed by atoms with Crippen LogP contribution in [0.15, 0.2) is 30.6 Å². The van der Waals surface area contributed by atoms with E-state index in [1.54, 1.807) is 11.0 Å². The van der Waals surface area contributed by atoms with E-state index in [1.165, 1.54) is 32.5 Å². The minimum Gasteiger partial charge on any atom is -0.382 e. The van der Waals surface area contributed by atoms with Crippen molar-refractivity contribution in [1.82, 2.24) is 25.1 Å². The number of nitrogens with zero attached hydrogens (tertiary/aromatic N) is 5. The molecule has 3 unspecified atom stereocenters. The largest absolute Gasteiger partial charge is 0.382 e. The summed E-state index contributed by atoms with van der Waals surface area (Å²) in [5.41, 5.74) is 2.15. The van der Waals surface area contributed by atoms with E-state index >= 15 is 0 Å². The lowest BCUT2D eigenvalue weighted by Gasteiger charge is -2.31. The van der Waals surface area contributed by atoms with Crippen LogP contribution in [-0.2, 0) is 0 Å². The van der Waals surface area contributed by atoms with Crippen molar-refractivity contribution in [3.63, 3.8) is 0 Å². The van der Waals surface area contributed by atoms with Gasteiger partial charge in [0.2, 0.25) is 0 Å². The van der Waals surface area contributed by atoms with Crippen molar-refractivity contribution in [3.8, 4) is 5.69 Å². The highest BCUT2D eigenvalue weighted by Crippen LogP contribution is 2.29. The summed E-state index contributed by atoms with van der Waals surface area (Å²) in [5.74, 6) is 0.792. The maximum Gasteiger partial charge on any atom is 0.143 e. The maximum absolute atomic E-state index is 3.93. The summed E-state index contributed by atoms with van der Waals surface area (Å²) >= 11 is 0. The molecule has 0 amide bonds. The van der Waals surface area contributed by atoms with Gasteiger partial charge in [0.05, 0.1) is 5.69 Å². The number of benzene rings is 1. The number of piperidine rings is 1. The molecule has 1 N–H and O–H groups in total. The van der Waals surface area contributed by atoms with Gasteiger partial charge in [-0.3, -0.25) is 0 Å². The van der Waals surface area contributed by atoms with Gasteiger partial charge in [-0.05, 0) is 53.9 Å². The molecule has 20 heavy (non-hydrogen) atoms. The number of hydrogen-bond donors (Lipinski definition) is 1. The molecule has 6 heteroatoms. The molecular weight excluding hydrogens is 252 g/mol. The SMILES string of the molecule is c1cc(NC2CCN3CCC2C3)cc(-n2cnnn2)c1. The number of fused-ring (bicyclic) bond motifs is 2. The summed E-state index contributed by atoms with van der Waals surface area (Å²) in [6.07, 6.45) is 4.18. The predicted molar refractivity (Wildman–Crippen MR) is 75.7 cm³/mol. The van der Waals surface area contributed by atoms with Crippen LogP contribution in [0.5, 0.6) is 0 Å². The van der Waals surface area contributed by atoms with Gasteiger partial charge in [-0.15, -0.1) is 5.10 Å². The van der Waals surface area contributed by atoms with Crippen LogP contribution < -0.4 is 5.32 Å². The Morgan fingerprint density at radius 1 is 1.20 bits per heavy atom. The number of nitrogens with one attached hydrogen (secondary N) is 1. The molecular formula is C14H18N6. The fourth-order valence-electron chi connectivity index (χ4n) is 3.37. The minimum atomic E-state index is 0.595. The molecule has 2 saturated heterocycles. The first kappa shape index (κ1) is 11.8. The molecule has 3 heterocycles. The first-order valence-electron chi connectivity index (χ1n) is 7.21.